The van der Waals surface area contributed by atoms with Gasteiger partial charge in [-0.2, -0.15) is 0 Å². The third-order valence-electron chi connectivity index (χ3n) is 1.59. The predicted octanol–water partition coefficient (Wildman–Crippen LogP) is 0.564. The summed E-state index contributed by atoms with van der Waals surface area (Å²) in [7, 11) is 0. The summed E-state index contributed by atoms with van der Waals surface area (Å²) in [6, 6.07) is 7.23. The van der Waals surface area contributed by atoms with E-state index in [1.54, 1.807) is 12.1 Å². The molecule has 0 unspecified atom stereocenters. The van der Waals surface area contributed by atoms with E-state index in [9.17, 15) is 0 Å². The molecule has 0 bridgehead atoms. The minimum Gasteiger partial charge on any atom is -0.368 e. The van der Waals surface area contributed by atoms with Crippen LogP contribution in [0.3, 0.4) is 0 Å². The van der Waals surface area contributed by atoms with Crippen molar-refractivity contribution in [1.29, 1.82) is 0 Å². The van der Waals surface area contributed by atoms with E-state index in [0.29, 0.717) is 5.69 Å². The summed E-state index contributed by atoms with van der Waals surface area (Å²) >= 11 is 0. The molecule has 0 spiro atoms. The van der Waals surface area contributed by atoms with Crippen molar-refractivity contribution in [3.63, 3.8) is 0 Å². The van der Waals surface area contributed by atoms with Crippen LogP contribution in [-0.2, 0) is 9.68 Å². The van der Waals surface area contributed by atoms with Gasteiger partial charge in [-0.25, -0.2) is 9.68 Å². The van der Waals surface area contributed by atoms with Crippen LogP contribution in [0.15, 0.2) is 24.3 Å². The number of anilines is 1. The van der Waals surface area contributed by atoms with E-state index in [0.717, 1.165) is 10.8 Å². The van der Waals surface area contributed by atoms with Crippen molar-refractivity contribution >= 4 is 5.69 Å². The first-order valence-corrected chi connectivity index (χ1v) is 4.12. The minimum atomic E-state index is -0.520. The average Bonchev–Trinajstić information content (AvgIpc) is 2.19. The number of rotatable bonds is 5. The SMILES string of the molecule is Cc1ccc(N(OCO)OCO)cc1. The maximum absolute atomic E-state index is 8.55. The number of aliphatic hydroxyl groups excluding tert-OH is 2. The van der Waals surface area contributed by atoms with Crippen LogP contribution in [0.2, 0.25) is 0 Å². The second-order valence-electron chi connectivity index (χ2n) is 2.61. The molecule has 5 nitrogen and oxygen atoms in total. The number of aryl methyl sites for hydroxylation is 1. The zero-order chi connectivity index (χ0) is 10.4. The Balaban J connectivity index is 2.71. The summed E-state index contributed by atoms with van der Waals surface area (Å²) in [5, 5.41) is 18.1. The molecule has 78 valence electrons. The molecule has 5 heteroatoms. The van der Waals surface area contributed by atoms with Crippen LogP contribution in [0.4, 0.5) is 5.69 Å². The molecule has 1 aromatic rings. The van der Waals surface area contributed by atoms with Crippen molar-refractivity contribution in [2.24, 2.45) is 0 Å². The molecule has 0 aliphatic rings. The highest BCUT2D eigenvalue weighted by Crippen LogP contribution is 2.15. The standard InChI is InChI=1S/C9H13NO4/c1-8-2-4-9(5-3-8)10(13-6-11)14-7-12/h2-5,11-12H,6-7H2,1H3. The minimum absolute atomic E-state index is 0.520. The van der Waals surface area contributed by atoms with Gasteiger partial charge >= 0.3 is 0 Å². The van der Waals surface area contributed by atoms with Gasteiger partial charge in [-0.15, -0.1) is 5.23 Å². The van der Waals surface area contributed by atoms with E-state index in [4.69, 9.17) is 19.9 Å². The van der Waals surface area contributed by atoms with Gasteiger partial charge in [0.05, 0.1) is 5.69 Å². The highest BCUT2D eigenvalue weighted by Gasteiger charge is 2.06. The molecule has 0 heterocycles. The van der Waals surface area contributed by atoms with Crippen molar-refractivity contribution in [3.05, 3.63) is 29.8 Å². The van der Waals surface area contributed by atoms with Crippen molar-refractivity contribution in [3.8, 4) is 0 Å². The van der Waals surface area contributed by atoms with Crippen molar-refractivity contribution in [1.82, 2.24) is 0 Å². The number of nitrogens with zero attached hydrogens (tertiary/aromatic N) is 1. The summed E-state index contributed by atoms with van der Waals surface area (Å²) in [6.45, 7) is 0.912. The molecule has 0 fully saturated rings. The van der Waals surface area contributed by atoms with E-state index in [-0.39, 0.29) is 0 Å². The van der Waals surface area contributed by atoms with E-state index >= 15 is 0 Å². The third-order valence-corrected chi connectivity index (χ3v) is 1.59. The molecule has 0 saturated carbocycles. The van der Waals surface area contributed by atoms with Gasteiger partial charge in [0.25, 0.3) is 0 Å². The van der Waals surface area contributed by atoms with Crippen molar-refractivity contribution < 1.29 is 19.9 Å². The smallest absolute Gasteiger partial charge is 0.173 e. The number of hydrogen-bond donors (Lipinski definition) is 2. The fraction of sp³-hybridized carbons (Fsp3) is 0.333. The Kier molecular flexibility index (Phi) is 4.34. The average molecular weight is 199 g/mol. The van der Waals surface area contributed by atoms with Gasteiger partial charge in [0, 0.05) is 0 Å². The highest BCUT2D eigenvalue weighted by atomic mass is 17.0. The van der Waals surface area contributed by atoms with E-state index in [1.165, 1.54) is 0 Å². The summed E-state index contributed by atoms with van der Waals surface area (Å²) < 4.78 is 0. The molecule has 2 N–H and O–H groups in total. The Labute approximate surface area is 82.0 Å². The molecule has 0 atom stereocenters. The van der Waals surface area contributed by atoms with Crippen LogP contribution in [-0.4, -0.2) is 23.8 Å². The second-order valence-corrected chi connectivity index (χ2v) is 2.61. The van der Waals surface area contributed by atoms with Crippen LogP contribution in [0.1, 0.15) is 5.56 Å². The normalized spacial score (nSPS) is 10.2. The van der Waals surface area contributed by atoms with Crippen LogP contribution < -0.4 is 5.23 Å². The van der Waals surface area contributed by atoms with E-state index < -0.39 is 13.6 Å². The zero-order valence-electron chi connectivity index (χ0n) is 7.88. The van der Waals surface area contributed by atoms with Crippen LogP contribution in [0.25, 0.3) is 0 Å². The first-order chi connectivity index (χ1) is 6.77. The Morgan fingerprint density at radius 1 is 1.07 bits per heavy atom. The van der Waals surface area contributed by atoms with Gasteiger partial charge < -0.3 is 10.2 Å². The molecule has 0 aromatic heterocycles. The van der Waals surface area contributed by atoms with E-state index in [2.05, 4.69) is 0 Å². The largest absolute Gasteiger partial charge is 0.368 e. The topological polar surface area (TPSA) is 62.2 Å². The number of benzene rings is 1. The van der Waals surface area contributed by atoms with Crippen molar-refractivity contribution in [2.45, 2.75) is 6.92 Å². The Morgan fingerprint density at radius 2 is 1.57 bits per heavy atom. The summed E-state index contributed by atoms with van der Waals surface area (Å²) in [4.78, 5) is 9.43. The molecule has 14 heavy (non-hydrogen) atoms. The molecule has 0 aliphatic carbocycles. The van der Waals surface area contributed by atoms with Gasteiger partial charge in [0.15, 0.2) is 13.6 Å². The third kappa shape index (κ3) is 2.97. The van der Waals surface area contributed by atoms with E-state index in [1.807, 2.05) is 19.1 Å². The highest BCUT2D eigenvalue weighted by molar-refractivity contribution is 5.42. The lowest BCUT2D eigenvalue weighted by molar-refractivity contribution is -0.169. The van der Waals surface area contributed by atoms with Crippen LogP contribution in [0.5, 0.6) is 0 Å². The van der Waals surface area contributed by atoms with Gasteiger partial charge in [-0.1, -0.05) is 17.7 Å². The predicted molar refractivity (Wildman–Crippen MR) is 50.0 cm³/mol. The maximum Gasteiger partial charge on any atom is 0.173 e. The zero-order valence-corrected chi connectivity index (χ0v) is 7.88. The lowest BCUT2D eigenvalue weighted by Gasteiger charge is -2.19. The van der Waals surface area contributed by atoms with Gasteiger partial charge in [0.1, 0.15) is 0 Å². The Morgan fingerprint density at radius 3 is 2.00 bits per heavy atom. The Bertz CT molecular complexity index is 256. The second kappa shape index (κ2) is 5.56. The molecule has 0 amide bonds. The molecule has 0 aliphatic heterocycles. The number of aliphatic hydroxyl groups is 2. The molecule has 0 saturated heterocycles. The first-order valence-electron chi connectivity index (χ1n) is 4.12. The monoisotopic (exact) mass is 199 g/mol. The Hall–Kier alpha value is -1.14. The fourth-order valence-electron chi connectivity index (χ4n) is 0.958. The molecule has 1 aromatic carbocycles. The maximum atomic E-state index is 8.55. The van der Waals surface area contributed by atoms with Crippen molar-refractivity contribution in [2.75, 3.05) is 18.8 Å². The summed E-state index contributed by atoms with van der Waals surface area (Å²) in [5.41, 5.74) is 1.69. The fourth-order valence-corrected chi connectivity index (χ4v) is 0.958. The van der Waals surface area contributed by atoms with Gasteiger partial charge in [-0.05, 0) is 19.1 Å². The van der Waals surface area contributed by atoms with Crippen LogP contribution in [0, 0.1) is 6.92 Å². The molecular weight excluding hydrogens is 186 g/mol. The summed E-state index contributed by atoms with van der Waals surface area (Å²) in [5.74, 6) is 0. The van der Waals surface area contributed by atoms with Gasteiger partial charge in [-0.3, -0.25) is 0 Å². The van der Waals surface area contributed by atoms with Gasteiger partial charge in [0.2, 0.25) is 0 Å². The summed E-state index contributed by atoms with van der Waals surface area (Å²) in [6.07, 6.45) is 0. The molecule has 0 radical (unpaired) electrons. The molecule has 1 rings (SSSR count). The molecular formula is C9H13NO4. The van der Waals surface area contributed by atoms with Crippen LogP contribution >= 0.6 is 0 Å². The lowest BCUT2D eigenvalue weighted by Crippen LogP contribution is -2.24. The quantitative estimate of drug-likeness (QED) is 0.536. The lowest BCUT2D eigenvalue weighted by atomic mass is 10.2. The number of hydrogen-bond acceptors (Lipinski definition) is 5. The first kappa shape index (κ1) is 10.9.